The highest BCUT2D eigenvalue weighted by atomic mass is 32.2. The lowest BCUT2D eigenvalue weighted by atomic mass is 10.2. The van der Waals surface area contributed by atoms with Crippen LogP contribution in [0.1, 0.15) is 6.42 Å². The summed E-state index contributed by atoms with van der Waals surface area (Å²) in [6, 6.07) is 7.31. The van der Waals surface area contributed by atoms with Crippen molar-refractivity contribution in [2.75, 3.05) is 56.7 Å². The van der Waals surface area contributed by atoms with Crippen molar-refractivity contribution in [1.29, 1.82) is 0 Å². The van der Waals surface area contributed by atoms with Crippen LogP contribution in [0.3, 0.4) is 0 Å². The zero-order chi connectivity index (χ0) is 19.6. The lowest BCUT2D eigenvalue weighted by Gasteiger charge is -2.36. The van der Waals surface area contributed by atoms with E-state index in [1.165, 1.54) is 11.9 Å². The first-order valence-corrected chi connectivity index (χ1v) is 10.8. The fourth-order valence-electron chi connectivity index (χ4n) is 3.49. The maximum absolute atomic E-state index is 12.5. The van der Waals surface area contributed by atoms with E-state index in [-0.39, 0.29) is 11.5 Å². The number of anilines is 1. The van der Waals surface area contributed by atoms with E-state index in [0.29, 0.717) is 32.6 Å². The molecule has 0 saturated carbocycles. The Hall–Kier alpha value is -2.29. The van der Waals surface area contributed by atoms with Crippen LogP contribution >= 0.6 is 0 Å². The summed E-state index contributed by atoms with van der Waals surface area (Å²) in [6.07, 6.45) is 0.392. The summed E-state index contributed by atoms with van der Waals surface area (Å²) in [5, 5.41) is 0. The molecule has 27 heavy (non-hydrogen) atoms. The molecule has 3 rings (SSSR count). The van der Waals surface area contributed by atoms with Crippen molar-refractivity contribution < 1.29 is 22.7 Å². The summed E-state index contributed by atoms with van der Waals surface area (Å²) < 4.78 is 28.4. The van der Waals surface area contributed by atoms with Crippen LogP contribution in [0.2, 0.25) is 0 Å². The first-order valence-electron chi connectivity index (χ1n) is 8.96. The van der Waals surface area contributed by atoms with Gasteiger partial charge >= 0.3 is 11.8 Å². The molecule has 0 radical (unpaired) electrons. The fraction of sp³-hybridized carbons (Fsp3) is 0.556. The molecule has 1 aromatic rings. The minimum absolute atomic E-state index is 0.0617. The Morgan fingerprint density at radius 1 is 1.11 bits per heavy atom. The van der Waals surface area contributed by atoms with Crippen LogP contribution in [0.5, 0.6) is 5.75 Å². The van der Waals surface area contributed by atoms with Crippen LogP contribution in [0.15, 0.2) is 24.3 Å². The minimum atomic E-state index is -3.10. The zero-order valence-electron chi connectivity index (χ0n) is 15.6. The van der Waals surface area contributed by atoms with E-state index in [2.05, 4.69) is 4.90 Å². The van der Waals surface area contributed by atoms with Crippen molar-refractivity contribution in [2.24, 2.45) is 0 Å². The number of piperazine rings is 1. The second-order valence-electron chi connectivity index (χ2n) is 6.95. The van der Waals surface area contributed by atoms with Crippen LogP contribution in [-0.2, 0) is 19.4 Å². The molecular formula is C18H25N3O5S. The third-order valence-corrected chi connectivity index (χ3v) is 7.01. The van der Waals surface area contributed by atoms with Gasteiger partial charge in [0.25, 0.3) is 0 Å². The Morgan fingerprint density at radius 2 is 1.74 bits per heavy atom. The van der Waals surface area contributed by atoms with Crippen LogP contribution in [0, 0.1) is 0 Å². The van der Waals surface area contributed by atoms with E-state index >= 15 is 0 Å². The molecular weight excluding hydrogens is 370 g/mol. The van der Waals surface area contributed by atoms with Crippen molar-refractivity contribution in [3.8, 4) is 5.75 Å². The van der Waals surface area contributed by atoms with Crippen molar-refractivity contribution in [3.05, 3.63) is 24.3 Å². The summed E-state index contributed by atoms with van der Waals surface area (Å²) in [4.78, 5) is 30.0. The number of sulfone groups is 1. The standard InChI is InChI=1S/C18H25N3O5S/c1-19(15-7-12-27(24,25)13-15)17(22)18(23)21-10-8-20(9-11-21)14-3-5-16(26-2)6-4-14/h3-6,15H,7-13H2,1-2H3. The number of hydrogen-bond acceptors (Lipinski definition) is 6. The van der Waals surface area contributed by atoms with Crippen molar-refractivity contribution in [1.82, 2.24) is 9.80 Å². The number of benzene rings is 1. The molecule has 0 aliphatic carbocycles. The van der Waals surface area contributed by atoms with E-state index in [0.717, 1.165) is 11.4 Å². The lowest BCUT2D eigenvalue weighted by molar-refractivity contribution is -0.152. The van der Waals surface area contributed by atoms with Crippen molar-refractivity contribution >= 4 is 27.3 Å². The molecule has 0 N–H and O–H groups in total. The maximum Gasteiger partial charge on any atom is 0.312 e. The van der Waals surface area contributed by atoms with Gasteiger partial charge in [-0.25, -0.2) is 8.42 Å². The van der Waals surface area contributed by atoms with Crippen molar-refractivity contribution in [3.63, 3.8) is 0 Å². The molecule has 0 spiro atoms. The van der Waals surface area contributed by atoms with Gasteiger partial charge in [-0.2, -0.15) is 0 Å². The number of hydrogen-bond donors (Lipinski definition) is 0. The predicted octanol–water partition coefficient (Wildman–Crippen LogP) is -0.0107. The van der Waals surface area contributed by atoms with E-state index in [4.69, 9.17) is 4.74 Å². The molecule has 9 heteroatoms. The van der Waals surface area contributed by atoms with E-state index in [9.17, 15) is 18.0 Å². The van der Waals surface area contributed by atoms with Crippen LogP contribution in [0.25, 0.3) is 0 Å². The normalized spacial score (nSPS) is 21.8. The lowest BCUT2D eigenvalue weighted by Crippen LogP contribution is -2.54. The third-order valence-electron chi connectivity index (χ3n) is 5.26. The second-order valence-corrected chi connectivity index (χ2v) is 9.18. The average molecular weight is 395 g/mol. The Balaban J connectivity index is 1.55. The number of amides is 2. The van der Waals surface area contributed by atoms with Crippen LogP contribution < -0.4 is 9.64 Å². The number of carbonyl (C=O) groups excluding carboxylic acids is 2. The van der Waals surface area contributed by atoms with Crippen LogP contribution in [-0.4, -0.2) is 87.9 Å². The molecule has 0 bridgehead atoms. The Labute approximate surface area is 159 Å². The monoisotopic (exact) mass is 395 g/mol. The van der Waals surface area contributed by atoms with E-state index < -0.39 is 27.7 Å². The van der Waals surface area contributed by atoms with Crippen LogP contribution in [0.4, 0.5) is 5.69 Å². The van der Waals surface area contributed by atoms with E-state index in [1.54, 1.807) is 12.0 Å². The van der Waals surface area contributed by atoms with Gasteiger partial charge in [0.05, 0.1) is 18.6 Å². The fourth-order valence-corrected chi connectivity index (χ4v) is 5.27. The maximum atomic E-state index is 12.5. The highest BCUT2D eigenvalue weighted by Crippen LogP contribution is 2.21. The number of ether oxygens (including phenoxy) is 1. The number of methoxy groups -OCH3 is 1. The molecule has 2 aliphatic heterocycles. The van der Waals surface area contributed by atoms with Gasteiger partial charge in [-0.15, -0.1) is 0 Å². The number of nitrogens with zero attached hydrogens (tertiary/aromatic N) is 3. The quantitative estimate of drug-likeness (QED) is 0.669. The molecule has 2 saturated heterocycles. The first kappa shape index (κ1) is 19.5. The Bertz CT molecular complexity index is 801. The second kappa shape index (κ2) is 7.75. The molecule has 148 valence electrons. The summed E-state index contributed by atoms with van der Waals surface area (Å²) in [5.41, 5.74) is 1.04. The first-order chi connectivity index (χ1) is 12.8. The van der Waals surface area contributed by atoms with E-state index in [1.807, 2.05) is 24.3 Å². The molecule has 1 aromatic carbocycles. The molecule has 0 aromatic heterocycles. The number of carbonyl (C=O) groups is 2. The van der Waals surface area contributed by atoms with Gasteiger partial charge in [0.2, 0.25) is 0 Å². The summed E-state index contributed by atoms with van der Waals surface area (Å²) in [7, 11) is 0.0307. The summed E-state index contributed by atoms with van der Waals surface area (Å²) in [6.45, 7) is 2.17. The largest absolute Gasteiger partial charge is 0.497 e. The Morgan fingerprint density at radius 3 is 2.26 bits per heavy atom. The van der Waals surface area contributed by atoms with Gasteiger partial charge < -0.3 is 19.4 Å². The van der Waals surface area contributed by atoms with Gasteiger partial charge in [-0.05, 0) is 30.7 Å². The van der Waals surface area contributed by atoms with Gasteiger partial charge in [0.1, 0.15) is 5.75 Å². The number of rotatable bonds is 3. The topological polar surface area (TPSA) is 87.2 Å². The van der Waals surface area contributed by atoms with Gasteiger partial charge in [-0.3, -0.25) is 9.59 Å². The molecule has 2 fully saturated rings. The van der Waals surface area contributed by atoms with Gasteiger partial charge in [0.15, 0.2) is 9.84 Å². The summed E-state index contributed by atoms with van der Waals surface area (Å²) in [5.74, 6) is -0.390. The minimum Gasteiger partial charge on any atom is -0.497 e. The predicted molar refractivity (Wildman–Crippen MR) is 102 cm³/mol. The molecule has 1 atom stereocenters. The molecule has 2 amide bonds. The highest BCUT2D eigenvalue weighted by Gasteiger charge is 2.36. The molecule has 2 aliphatic rings. The molecule has 1 unspecified atom stereocenters. The summed E-state index contributed by atoms with van der Waals surface area (Å²) >= 11 is 0. The Kier molecular flexibility index (Phi) is 5.59. The van der Waals surface area contributed by atoms with Gasteiger partial charge in [0, 0.05) is 45.0 Å². The average Bonchev–Trinajstić information content (AvgIpc) is 3.06. The highest BCUT2D eigenvalue weighted by molar-refractivity contribution is 7.91. The van der Waals surface area contributed by atoms with Gasteiger partial charge in [-0.1, -0.05) is 0 Å². The smallest absolute Gasteiger partial charge is 0.312 e. The molecule has 2 heterocycles. The zero-order valence-corrected chi connectivity index (χ0v) is 16.4. The number of likely N-dealkylation sites (N-methyl/N-ethyl adjacent to an activating group) is 1. The SMILES string of the molecule is COc1ccc(N2CCN(C(=O)C(=O)N(C)C3CCS(=O)(=O)C3)CC2)cc1. The van der Waals surface area contributed by atoms with Crippen molar-refractivity contribution in [2.45, 2.75) is 12.5 Å². The third kappa shape index (κ3) is 4.35. The molecule has 8 nitrogen and oxygen atoms in total.